The quantitative estimate of drug-likeness (QED) is 0.776. The minimum atomic E-state index is -3.72. The lowest BCUT2D eigenvalue weighted by Gasteiger charge is -2.30. The van der Waals surface area contributed by atoms with E-state index in [2.05, 4.69) is 10.2 Å². The Morgan fingerprint density at radius 1 is 1.35 bits per heavy atom. The van der Waals surface area contributed by atoms with Crippen molar-refractivity contribution in [1.82, 2.24) is 10.2 Å². The maximum atomic E-state index is 12.7. The predicted octanol–water partition coefficient (Wildman–Crippen LogP) is -0.483. The number of nitrogens with one attached hydrogen (secondary N) is 1. The third kappa shape index (κ3) is 3.40. The topological polar surface area (TPSA) is 95.7 Å². The number of nitrogens with zero attached hydrogens (tertiary/aromatic N) is 2. The lowest BCUT2D eigenvalue weighted by atomic mass is 10.1. The molecule has 1 atom stereocenters. The number of hydrogen-bond acceptors (Lipinski definition) is 5. The highest BCUT2D eigenvalue weighted by molar-refractivity contribution is 7.89. The average Bonchev–Trinajstić information content (AvgIpc) is 2.82. The predicted molar refractivity (Wildman–Crippen MR) is 87.8 cm³/mol. The van der Waals surface area contributed by atoms with Gasteiger partial charge in [0.05, 0.1) is 11.4 Å². The molecule has 0 saturated carbocycles. The summed E-state index contributed by atoms with van der Waals surface area (Å²) in [5.74, 6) is 0.0569. The maximum Gasteiger partial charge on any atom is 0.241 e. The van der Waals surface area contributed by atoms with Crippen molar-refractivity contribution in [2.24, 2.45) is 5.14 Å². The molecule has 1 unspecified atom stereocenters. The van der Waals surface area contributed by atoms with Crippen LogP contribution in [0.1, 0.15) is 12.5 Å². The third-order valence-electron chi connectivity index (χ3n) is 4.43. The molecule has 0 radical (unpaired) electrons. The second kappa shape index (κ2) is 6.20. The number of fused-ring (bicyclic) bond motifs is 1. The van der Waals surface area contributed by atoms with E-state index in [0.717, 1.165) is 37.4 Å². The lowest BCUT2D eigenvalue weighted by Crippen LogP contribution is -2.49. The monoisotopic (exact) mass is 338 g/mol. The highest BCUT2D eigenvalue weighted by atomic mass is 32.2. The summed E-state index contributed by atoms with van der Waals surface area (Å²) in [7, 11) is -3.72. The van der Waals surface area contributed by atoms with Crippen molar-refractivity contribution < 1.29 is 13.2 Å². The van der Waals surface area contributed by atoms with Gasteiger partial charge in [0.25, 0.3) is 0 Å². The largest absolute Gasteiger partial charge is 0.314 e. The molecule has 1 saturated heterocycles. The van der Waals surface area contributed by atoms with Crippen LogP contribution in [0.2, 0.25) is 0 Å². The molecule has 1 amide bonds. The van der Waals surface area contributed by atoms with Gasteiger partial charge in [0, 0.05) is 37.9 Å². The SMILES string of the molecule is CC1Cc2cc(S(N)(=O)=O)ccc2N1C(=O)CN1CCNCC1. The number of rotatable bonds is 3. The van der Waals surface area contributed by atoms with Crippen LogP contribution in [0, 0.1) is 0 Å². The van der Waals surface area contributed by atoms with E-state index in [9.17, 15) is 13.2 Å². The van der Waals surface area contributed by atoms with Gasteiger partial charge in [-0.05, 0) is 37.1 Å². The molecule has 1 aromatic rings. The molecule has 2 heterocycles. The summed E-state index contributed by atoms with van der Waals surface area (Å²) in [6.45, 7) is 5.90. The van der Waals surface area contributed by atoms with Crippen LogP contribution in [0.25, 0.3) is 0 Å². The minimum absolute atomic E-state index is 0.0242. The highest BCUT2D eigenvalue weighted by Crippen LogP contribution is 2.33. The fourth-order valence-corrected chi connectivity index (χ4v) is 3.87. The molecular weight excluding hydrogens is 316 g/mol. The molecule has 8 heteroatoms. The van der Waals surface area contributed by atoms with Crippen LogP contribution in [0.4, 0.5) is 5.69 Å². The Labute approximate surface area is 136 Å². The van der Waals surface area contributed by atoms with Crippen molar-refractivity contribution in [2.45, 2.75) is 24.3 Å². The highest BCUT2D eigenvalue weighted by Gasteiger charge is 2.32. The van der Waals surface area contributed by atoms with E-state index in [4.69, 9.17) is 5.14 Å². The molecule has 1 fully saturated rings. The molecule has 0 spiro atoms. The number of nitrogens with two attached hydrogens (primary N) is 1. The van der Waals surface area contributed by atoms with Gasteiger partial charge < -0.3 is 10.2 Å². The molecule has 0 bridgehead atoms. The molecule has 2 aliphatic heterocycles. The molecule has 7 nitrogen and oxygen atoms in total. The molecular formula is C15H22N4O3S. The van der Waals surface area contributed by atoms with Crippen LogP contribution < -0.4 is 15.4 Å². The molecule has 0 aromatic heterocycles. The van der Waals surface area contributed by atoms with E-state index in [1.807, 2.05) is 6.92 Å². The summed E-state index contributed by atoms with van der Waals surface area (Å²) in [5.41, 5.74) is 1.66. The van der Waals surface area contributed by atoms with Crippen LogP contribution in [0.15, 0.2) is 23.1 Å². The number of sulfonamides is 1. The zero-order valence-corrected chi connectivity index (χ0v) is 14.0. The normalized spacial score (nSPS) is 22.2. The molecule has 3 N–H and O–H groups in total. The number of anilines is 1. The van der Waals surface area contributed by atoms with Gasteiger partial charge in [0.2, 0.25) is 15.9 Å². The Morgan fingerprint density at radius 3 is 2.70 bits per heavy atom. The first-order valence-electron chi connectivity index (χ1n) is 7.77. The molecule has 2 aliphatic rings. The number of hydrogen-bond donors (Lipinski definition) is 2. The van der Waals surface area contributed by atoms with Crippen molar-refractivity contribution >= 4 is 21.6 Å². The van der Waals surface area contributed by atoms with Gasteiger partial charge >= 0.3 is 0 Å². The number of benzene rings is 1. The Morgan fingerprint density at radius 2 is 2.04 bits per heavy atom. The standard InChI is InChI=1S/C15H22N4O3S/c1-11-8-12-9-13(23(16,21)22)2-3-14(12)19(11)15(20)10-18-6-4-17-5-7-18/h2-3,9,11,17H,4-8,10H2,1H3,(H2,16,21,22). The first-order chi connectivity index (χ1) is 10.9. The van der Waals surface area contributed by atoms with Gasteiger partial charge in [-0.2, -0.15) is 0 Å². The maximum absolute atomic E-state index is 12.7. The van der Waals surface area contributed by atoms with Crippen molar-refractivity contribution in [3.63, 3.8) is 0 Å². The molecule has 1 aromatic carbocycles. The second-order valence-corrected chi connectivity index (χ2v) is 7.74. The van der Waals surface area contributed by atoms with Crippen molar-refractivity contribution in [3.05, 3.63) is 23.8 Å². The Kier molecular flexibility index (Phi) is 4.41. The lowest BCUT2D eigenvalue weighted by molar-refractivity contribution is -0.120. The number of carbonyl (C=O) groups excluding carboxylic acids is 1. The summed E-state index contributed by atoms with van der Waals surface area (Å²) in [6.07, 6.45) is 0.645. The van der Waals surface area contributed by atoms with Crippen molar-refractivity contribution in [1.29, 1.82) is 0 Å². The number of amides is 1. The average molecular weight is 338 g/mol. The molecule has 23 heavy (non-hydrogen) atoms. The first kappa shape index (κ1) is 16.4. The number of primary sulfonamides is 1. The van der Waals surface area contributed by atoms with E-state index in [0.29, 0.717) is 13.0 Å². The summed E-state index contributed by atoms with van der Waals surface area (Å²) in [4.78, 5) is 16.7. The Hall–Kier alpha value is -1.48. The van der Waals surface area contributed by atoms with Crippen molar-refractivity contribution in [2.75, 3.05) is 37.6 Å². The fourth-order valence-electron chi connectivity index (χ4n) is 3.30. The van der Waals surface area contributed by atoms with E-state index < -0.39 is 10.0 Å². The molecule has 126 valence electrons. The molecule has 3 rings (SSSR count). The summed E-state index contributed by atoms with van der Waals surface area (Å²) in [6, 6.07) is 4.77. The minimum Gasteiger partial charge on any atom is -0.314 e. The summed E-state index contributed by atoms with van der Waals surface area (Å²) >= 11 is 0. The van der Waals surface area contributed by atoms with Gasteiger partial charge in [-0.25, -0.2) is 13.6 Å². The fraction of sp³-hybridized carbons (Fsp3) is 0.533. The Balaban J connectivity index is 1.81. The van der Waals surface area contributed by atoms with E-state index in [-0.39, 0.29) is 16.8 Å². The Bertz CT molecular complexity index is 713. The number of carbonyl (C=O) groups is 1. The van der Waals surface area contributed by atoms with Crippen LogP contribution in [-0.4, -0.2) is 58.0 Å². The van der Waals surface area contributed by atoms with Crippen LogP contribution in [-0.2, 0) is 21.2 Å². The van der Waals surface area contributed by atoms with E-state index in [1.165, 1.54) is 6.07 Å². The zero-order chi connectivity index (χ0) is 16.6. The van der Waals surface area contributed by atoms with Gasteiger partial charge in [0.1, 0.15) is 0 Å². The second-order valence-electron chi connectivity index (χ2n) is 6.18. The van der Waals surface area contributed by atoms with Crippen LogP contribution in [0.3, 0.4) is 0 Å². The van der Waals surface area contributed by atoms with E-state index in [1.54, 1.807) is 17.0 Å². The van der Waals surface area contributed by atoms with Gasteiger partial charge in [-0.15, -0.1) is 0 Å². The van der Waals surface area contributed by atoms with Gasteiger partial charge in [0.15, 0.2) is 0 Å². The first-order valence-corrected chi connectivity index (χ1v) is 9.32. The van der Waals surface area contributed by atoms with Gasteiger partial charge in [-0.1, -0.05) is 0 Å². The number of piperazine rings is 1. The van der Waals surface area contributed by atoms with Crippen molar-refractivity contribution in [3.8, 4) is 0 Å². The summed E-state index contributed by atoms with van der Waals surface area (Å²) < 4.78 is 23.0. The van der Waals surface area contributed by atoms with Crippen LogP contribution >= 0.6 is 0 Å². The van der Waals surface area contributed by atoms with E-state index >= 15 is 0 Å². The molecule has 0 aliphatic carbocycles. The van der Waals surface area contributed by atoms with Gasteiger partial charge in [-0.3, -0.25) is 9.69 Å². The smallest absolute Gasteiger partial charge is 0.241 e. The summed E-state index contributed by atoms with van der Waals surface area (Å²) in [5, 5.41) is 8.45. The van der Waals surface area contributed by atoms with Crippen LogP contribution in [0.5, 0.6) is 0 Å². The third-order valence-corrected chi connectivity index (χ3v) is 5.34. The zero-order valence-electron chi connectivity index (χ0n) is 13.2.